The molecular formula is C19H26N4O2. The number of hydrogen-bond donors (Lipinski definition) is 0. The van der Waals surface area contributed by atoms with Crippen molar-refractivity contribution in [2.75, 3.05) is 26.3 Å². The lowest BCUT2D eigenvalue weighted by Crippen LogP contribution is -2.44. The molecule has 6 nitrogen and oxygen atoms in total. The van der Waals surface area contributed by atoms with Crippen molar-refractivity contribution < 1.29 is 9.47 Å². The van der Waals surface area contributed by atoms with Crippen molar-refractivity contribution >= 4 is 0 Å². The van der Waals surface area contributed by atoms with Crippen molar-refractivity contribution in [1.29, 1.82) is 0 Å². The largest absolute Gasteiger partial charge is 0.377 e. The van der Waals surface area contributed by atoms with Gasteiger partial charge in [0.25, 0.3) is 0 Å². The minimum Gasteiger partial charge on any atom is -0.377 e. The summed E-state index contributed by atoms with van der Waals surface area (Å²) < 4.78 is 14.3. The van der Waals surface area contributed by atoms with Crippen LogP contribution in [-0.2, 0) is 22.6 Å². The van der Waals surface area contributed by atoms with E-state index in [1.54, 1.807) is 0 Å². The highest BCUT2D eigenvalue weighted by molar-refractivity contribution is 5.10. The zero-order valence-electron chi connectivity index (χ0n) is 14.8. The van der Waals surface area contributed by atoms with Crippen LogP contribution in [0.3, 0.4) is 0 Å². The molecule has 1 spiro atoms. The van der Waals surface area contributed by atoms with Crippen LogP contribution in [0.15, 0.2) is 36.7 Å². The molecule has 2 aliphatic rings. The van der Waals surface area contributed by atoms with Crippen LogP contribution >= 0.6 is 0 Å². The second-order valence-corrected chi connectivity index (χ2v) is 7.22. The van der Waals surface area contributed by atoms with Gasteiger partial charge < -0.3 is 9.47 Å². The van der Waals surface area contributed by atoms with Crippen LogP contribution in [-0.4, -0.2) is 57.7 Å². The molecule has 2 aromatic rings. The molecular weight excluding hydrogens is 316 g/mol. The van der Waals surface area contributed by atoms with Gasteiger partial charge in [-0.15, -0.1) is 0 Å². The maximum Gasteiger partial charge on any atom is 0.105 e. The standard InChI is InChI=1S/C19H26N4O2/c1-16-4-2-5-17(21-16)12-22-10-11-24-15-19(14-22)7-6-18(25-19)13-23-9-3-8-20-23/h2-5,8-9,18H,6-7,10-15H2,1H3/t18-,19-/m0/s1. The van der Waals surface area contributed by atoms with Gasteiger partial charge in [0, 0.05) is 37.7 Å². The highest BCUT2D eigenvalue weighted by Crippen LogP contribution is 2.34. The van der Waals surface area contributed by atoms with Crippen LogP contribution in [0, 0.1) is 6.92 Å². The first-order valence-corrected chi connectivity index (χ1v) is 9.09. The van der Waals surface area contributed by atoms with Gasteiger partial charge >= 0.3 is 0 Å². The predicted molar refractivity (Wildman–Crippen MR) is 94.1 cm³/mol. The van der Waals surface area contributed by atoms with E-state index in [0.717, 1.165) is 57.0 Å². The average molecular weight is 342 g/mol. The van der Waals surface area contributed by atoms with Crippen LogP contribution < -0.4 is 0 Å². The summed E-state index contributed by atoms with van der Waals surface area (Å²) in [6.07, 6.45) is 6.11. The summed E-state index contributed by atoms with van der Waals surface area (Å²) in [7, 11) is 0. The summed E-state index contributed by atoms with van der Waals surface area (Å²) in [6.45, 7) is 6.95. The number of aryl methyl sites for hydroxylation is 1. The van der Waals surface area contributed by atoms with E-state index in [-0.39, 0.29) is 11.7 Å². The third-order valence-corrected chi connectivity index (χ3v) is 5.05. The number of aromatic nitrogens is 3. The molecule has 0 aliphatic carbocycles. The fourth-order valence-electron chi connectivity index (χ4n) is 3.90. The molecule has 0 aromatic carbocycles. The monoisotopic (exact) mass is 342 g/mol. The quantitative estimate of drug-likeness (QED) is 0.851. The van der Waals surface area contributed by atoms with Gasteiger partial charge in [-0.25, -0.2) is 0 Å². The van der Waals surface area contributed by atoms with Gasteiger partial charge in [0.2, 0.25) is 0 Å². The fourth-order valence-corrected chi connectivity index (χ4v) is 3.90. The highest BCUT2D eigenvalue weighted by Gasteiger charge is 2.43. The van der Waals surface area contributed by atoms with E-state index in [2.05, 4.69) is 27.1 Å². The molecule has 0 saturated carbocycles. The second-order valence-electron chi connectivity index (χ2n) is 7.22. The summed E-state index contributed by atoms with van der Waals surface area (Å²) in [5.74, 6) is 0. The molecule has 0 radical (unpaired) electrons. The van der Waals surface area contributed by atoms with E-state index < -0.39 is 0 Å². The van der Waals surface area contributed by atoms with E-state index in [1.807, 2.05) is 36.1 Å². The van der Waals surface area contributed by atoms with Gasteiger partial charge in [-0.05, 0) is 38.0 Å². The van der Waals surface area contributed by atoms with E-state index in [4.69, 9.17) is 9.47 Å². The molecule has 0 bridgehead atoms. The Bertz CT molecular complexity index is 690. The van der Waals surface area contributed by atoms with Gasteiger partial charge in [-0.3, -0.25) is 14.6 Å². The predicted octanol–water partition coefficient (Wildman–Crippen LogP) is 2.04. The van der Waals surface area contributed by atoms with Gasteiger partial charge in [0.15, 0.2) is 0 Å². The van der Waals surface area contributed by atoms with Crippen LogP contribution in [0.2, 0.25) is 0 Å². The Morgan fingerprint density at radius 3 is 3.12 bits per heavy atom. The molecule has 2 fully saturated rings. The summed E-state index contributed by atoms with van der Waals surface area (Å²) in [6, 6.07) is 8.17. The summed E-state index contributed by atoms with van der Waals surface area (Å²) in [5, 5.41) is 4.30. The molecule has 4 heterocycles. The lowest BCUT2D eigenvalue weighted by Gasteiger charge is -2.31. The molecule has 0 amide bonds. The third-order valence-electron chi connectivity index (χ3n) is 5.05. The van der Waals surface area contributed by atoms with E-state index >= 15 is 0 Å². The summed E-state index contributed by atoms with van der Waals surface area (Å²) >= 11 is 0. The molecule has 2 saturated heterocycles. The van der Waals surface area contributed by atoms with Crippen molar-refractivity contribution in [3.05, 3.63) is 48.0 Å². The van der Waals surface area contributed by atoms with Gasteiger partial charge in [-0.1, -0.05) is 6.07 Å². The normalized spacial score (nSPS) is 27.6. The van der Waals surface area contributed by atoms with Crippen molar-refractivity contribution in [3.63, 3.8) is 0 Å². The number of nitrogens with zero attached hydrogens (tertiary/aromatic N) is 4. The second kappa shape index (κ2) is 7.23. The number of ether oxygens (including phenoxy) is 2. The molecule has 4 rings (SSSR count). The van der Waals surface area contributed by atoms with Crippen LogP contribution in [0.1, 0.15) is 24.2 Å². The Balaban J connectivity index is 1.41. The Morgan fingerprint density at radius 1 is 1.32 bits per heavy atom. The first kappa shape index (κ1) is 16.7. The summed E-state index contributed by atoms with van der Waals surface area (Å²) in [5.41, 5.74) is 1.98. The van der Waals surface area contributed by atoms with Gasteiger partial charge in [0.05, 0.1) is 31.6 Å². The molecule has 25 heavy (non-hydrogen) atoms. The minimum absolute atomic E-state index is 0.196. The molecule has 0 N–H and O–H groups in total. The number of hydrogen-bond acceptors (Lipinski definition) is 5. The molecule has 2 aliphatic heterocycles. The van der Waals surface area contributed by atoms with Crippen LogP contribution in [0.25, 0.3) is 0 Å². The van der Waals surface area contributed by atoms with Crippen LogP contribution in [0.5, 0.6) is 0 Å². The van der Waals surface area contributed by atoms with Gasteiger partial charge in [0.1, 0.15) is 5.60 Å². The first-order valence-electron chi connectivity index (χ1n) is 9.09. The Morgan fingerprint density at radius 2 is 2.28 bits per heavy atom. The Labute approximate surface area is 148 Å². The number of pyridine rings is 1. The lowest BCUT2D eigenvalue weighted by atomic mass is 10.00. The van der Waals surface area contributed by atoms with Crippen molar-refractivity contribution in [1.82, 2.24) is 19.7 Å². The van der Waals surface area contributed by atoms with E-state index in [0.29, 0.717) is 6.61 Å². The van der Waals surface area contributed by atoms with Crippen molar-refractivity contribution in [3.8, 4) is 0 Å². The molecule has 0 unspecified atom stereocenters. The smallest absolute Gasteiger partial charge is 0.105 e. The zero-order valence-corrected chi connectivity index (χ0v) is 14.8. The molecule has 2 aromatic heterocycles. The number of rotatable bonds is 4. The third kappa shape index (κ3) is 4.08. The maximum absolute atomic E-state index is 6.49. The molecule has 6 heteroatoms. The minimum atomic E-state index is -0.196. The molecule has 2 atom stereocenters. The van der Waals surface area contributed by atoms with Gasteiger partial charge in [-0.2, -0.15) is 5.10 Å². The highest BCUT2D eigenvalue weighted by atomic mass is 16.6. The molecule has 134 valence electrons. The topological polar surface area (TPSA) is 52.4 Å². The first-order chi connectivity index (χ1) is 12.2. The maximum atomic E-state index is 6.49. The van der Waals surface area contributed by atoms with E-state index in [1.165, 1.54) is 0 Å². The van der Waals surface area contributed by atoms with Crippen LogP contribution in [0.4, 0.5) is 0 Å². The zero-order chi connectivity index (χ0) is 17.1. The van der Waals surface area contributed by atoms with Crippen molar-refractivity contribution in [2.24, 2.45) is 0 Å². The summed E-state index contributed by atoms with van der Waals surface area (Å²) in [4.78, 5) is 7.06. The Kier molecular flexibility index (Phi) is 4.83. The lowest BCUT2D eigenvalue weighted by molar-refractivity contribution is -0.0905. The Hall–Kier alpha value is -1.76. The fraction of sp³-hybridized carbons (Fsp3) is 0.579. The van der Waals surface area contributed by atoms with E-state index in [9.17, 15) is 0 Å². The SMILES string of the molecule is Cc1cccc(CN2CCOC[C@]3(CC[C@@H](Cn4cccn4)O3)C2)n1. The van der Waals surface area contributed by atoms with Crippen molar-refractivity contribution in [2.45, 2.75) is 44.6 Å². The average Bonchev–Trinajstić information content (AvgIpc) is 3.18.